The molecule has 2 N–H and O–H groups in total. The van der Waals surface area contributed by atoms with Crippen molar-refractivity contribution in [1.82, 2.24) is 4.90 Å². The molecule has 0 spiro atoms. The molecule has 1 saturated heterocycles. The predicted octanol–water partition coefficient (Wildman–Crippen LogP) is 0.177. The third-order valence-electron chi connectivity index (χ3n) is 2.71. The summed E-state index contributed by atoms with van der Waals surface area (Å²) in [7, 11) is -0.694. The number of nitrogens with zero attached hydrogens (tertiary/aromatic N) is 1. The van der Waals surface area contributed by atoms with Crippen molar-refractivity contribution in [2.75, 3.05) is 25.9 Å². The van der Waals surface area contributed by atoms with Gasteiger partial charge >= 0.3 is 0 Å². The molecule has 0 aliphatic carbocycles. The second-order valence-corrected chi connectivity index (χ2v) is 5.75. The summed E-state index contributed by atoms with van der Waals surface area (Å²) in [6, 6.07) is 0.388. The minimum absolute atomic E-state index is 0.286. The Morgan fingerprint density at radius 3 is 2.54 bits per heavy atom. The van der Waals surface area contributed by atoms with E-state index >= 15 is 0 Å². The topological polar surface area (TPSA) is 46.3 Å². The Balaban J connectivity index is 2.26. The second-order valence-electron chi connectivity index (χ2n) is 3.95. The van der Waals surface area contributed by atoms with Gasteiger partial charge in [0, 0.05) is 34.9 Å². The van der Waals surface area contributed by atoms with Gasteiger partial charge in [-0.3, -0.25) is 4.21 Å². The van der Waals surface area contributed by atoms with Crippen molar-refractivity contribution in [3.05, 3.63) is 0 Å². The van der Waals surface area contributed by atoms with E-state index in [9.17, 15) is 4.21 Å². The highest BCUT2D eigenvalue weighted by molar-refractivity contribution is 7.84. The molecule has 0 aromatic rings. The van der Waals surface area contributed by atoms with Crippen LogP contribution in [0.3, 0.4) is 0 Å². The molecule has 4 heteroatoms. The monoisotopic (exact) mass is 204 g/mol. The van der Waals surface area contributed by atoms with E-state index in [1.54, 1.807) is 6.26 Å². The van der Waals surface area contributed by atoms with E-state index in [0.29, 0.717) is 6.04 Å². The molecule has 1 aliphatic heterocycles. The van der Waals surface area contributed by atoms with Crippen LogP contribution in [0.15, 0.2) is 0 Å². The lowest BCUT2D eigenvalue weighted by Crippen LogP contribution is -2.43. The molecule has 2 unspecified atom stereocenters. The molecule has 0 aromatic heterocycles. The molecule has 0 radical (unpaired) electrons. The van der Waals surface area contributed by atoms with Crippen LogP contribution in [0.1, 0.15) is 19.8 Å². The molecule has 0 bridgehead atoms. The molecule has 1 fully saturated rings. The quantitative estimate of drug-likeness (QED) is 0.713. The Bertz CT molecular complexity index is 178. The van der Waals surface area contributed by atoms with Crippen LogP contribution in [0, 0.1) is 0 Å². The predicted molar refractivity (Wildman–Crippen MR) is 57.2 cm³/mol. The zero-order chi connectivity index (χ0) is 9.84. The van der Waals surface area contributed by atoms with Crippen LogP contribution < -0.4 is 5.73 Å². The lowest BCUT2D eigenvalue weighted by Gasteiger charge is -2.31. The third kappa shape index (κ3) is 3.75. The van der Waals surface area contributed by atoms with Gasteiger partial charge in [0.1, 0.15) is 0 Å². The Morgan fingerprint density at radius 2 is 2.08 bits per heavy atom. The van der Waals surface area contributed by atoms with Crippen molar-refractivity contribution in [3.63, 3.8) is 0 Å². The number of hydrogen-bond acceptors (Lipinski definition) is 3. The fourth-order valence-electron chi connectivity index (χ4n) is 1.60. The van der Waals surface area contributed by atoms with E-state index in [0.717, 1.165) is 32.5 Å². The summed E-state index contributed by atoms with van der Waals surface area (Å²) >= 11 is 0. The minimum atomic E-state index is -0.694. The lowest BCUT2D eigenvalue weighted by molar-refractivity contribution is 0.215. The van der Waals surface area contributed by atoms with Crippen LogP contribution in [0.25, 0.3) is 0 Å². The summed E-state index contributed by atoms with van der Waals surface area (Å²) in [5, 5.41) is 0.286. The first-order chi connectivity index (χ1) is 6.09. The summed E-state index contributed by atoms with van der Waals surface area (Å²) in [6.07, 6.45) is 3.95. The van der Waals surface area contributed by atoms with E-state index in [2.05, 4.69) is 4.90 Å². The van der Waals surface area contributed by atoms with Gasteiger partial charge in [-0.1, -0.05) is 0 Å². The summed E-state index contributed by atoms with van der Waals surface area (Å²) in [6.45, 7) is 5.14. The molecule has 0 amide bonds. The molecular weight excluding hydrogens is 184 g/mol. The van der Waals surface area contributed by atoms with Crippen LogP contribution in [-0.2, 0) is 10.8 Å². The van der Waals surface area contributed by atoms with Gasteiger partial charge in [0.05, 0.1) is 0 Å². The molecule has 13 heavy (non-hydrogen) atoms. The summed E-state index contributed by atoms with van der Waals surface area (Å²) in [4.78, 5) is 2.37. The molecule has 2 atom stereocenters. The number of hydrogen-bond donors (Lipinski definition) is 1. The van der Waals surface area contributed by atoms with Crippen LogP contribution >= 0.6 is 0 Å². The van der Waals surface area contributed by atoms with E-state index in [1.165, 1.54) is 0 Å². The maximum absolute atomic E-state index is 11.1. The van der Waals surface area contributed by atoms with Crippen molar-refractivity contribution in [2.24, 2.45) is 5.73 Å². The molecular formula is C9H20N2OS. The second kappa shape index (κ2) is 5.08. The fourth-order valence-corrected chi connectivity index (χ4v) is 2.02. The highest BCUT2D eigenvalue weighted by Gasteiger charge is 2.18. The maximum Gasteiger partial charge on any atom is 0.0444 e. The Morgan fingerprint density at radius 1 is 1.54 bits per heavy atom. The first kappa shape index (κ1) is 11.1. The van der Waals surface area contributed by atoms with E-state index in [-0.39, 0.29) is 5.25 Å². The number of nitrogens with two attached hydrogens (primary N) is 1. The highest BCUT2D eigenvalue weighted by atomic mass is 32.2. The van der Waals surface area contributed by atoms with Crippen LogP contribution in [0.2, 0.25) is 0 Å². The smallest absolute Gasteiger partial charge is 0.0444 e. The van der Waals surface area contributed by atoms with Crippen LogP contribution in [0.5, 0.6) is 0 Å². The first-order valence-corrected chi connectivity index (χ1v) is 6.52. The molecule has 1 heterocycles. The maximum atomic E-state index is 11.1. The van der Waals surface area contributed by atoms with Gasteiger partial charge in [-0.2, -0.15) is 0 Å². The van der Waals surface area contributed by atoms with Crippen LogP contribution in [-0.4, -0.2) is 46.3 Å². The normalized spacial score (nSPS) is 25.8. The van der Waals surface area contributed by atoms with E-state index < -0.39 is 10.8 Å². The lowest BCUT2D eigenvalue weighted by atomic mass is 10.1. The van der Waals surface area contributed by atoms with Gasteiger partial charge in [0.25, 0.3) is 0 Å². The van der Waals surface area contributed by atoms with Crippen LogP contribution in [0.4, 0.5) is 0 Å². The van der Waals surface area contributed by atoms with Crippen molar-refractivity contribution in [3.8, 4) is 0 Å². The Hall–Kier alpha value is 0.0700. The molecule has 0 saturated carbocycles. The van der Waals surface area contributed by atoms with Crippen molar-refractivity contribution in [1.29, 1.82) is 0 Å². The van der Waals surface area contributed by atoms with Crippen molar-refractivity contribution < 1.29 is 4.21 Å². The average molecular weight is 204 g/mol. The fraction of sp³-hybridized carbons (Fsp3) is 1.00. The SMILES string of the molecule is CC(CN1CCC(N)CC1)S(C)=O. The molecule has 78 valence electrons. The average Bonchev–Trinajstić information content (AvgIpc) is 2.08. The number of piperidine rings is 1. The number of rotatable bonds is 3. The van der Waals surface area contributed by atoms with E-state index in [1.807, 2.05) is 6.92 Å². The Kier molecular flexibility index (Phi) is 4.35. The minimum Gasteiger partial charge on any atom is -0.328 e. The summed E-state index contributed by atoms with van der Waals surface area (Å²) in [5.74, 6) is 0. The summed E-state index contributed by atoms with van der Waals surface area (Å²) in [5.41, 5.74) is 5.80. The van der Waals surface area contributed by atoms with Gasteiger partial charge in [0.15, 0.2) is 0 Å². The van der Waals surface area contributed by atoms with Crippen molar-refractivity contribution in [2.45, 2.75) is 31.1 Å². The van der Waals surface area contributed by atoms with Gasteiger partial charge in [-0.05, 0) is 32.9 Å². The van der Waals surface area contributed by atoms with E-state index in [4.69, 9.17) is 5.73 Å². The third-order valence-corrected chi connectivity index (χ3v) is 4.00. The molecule has 1 rings (SSSR count). The molecule has 3 nitrogen and oxygen atoms in total. The first-order valence-electron chi connectivity index (χ1n) is 4.89. The Labute approximate surface area is 83.1 Å². The van der Waals surface area contributed by atoms with Gasteiger partial charge < -0.3 is 10.6 Å². The standard InChI is InChI=1S/C9H20N2OS/c1-8(13(2)12)7-11-5-3-9(10)4-6-11/h8-9H,3-7,10H2,1-2H3. The zero-order valence-corrected chi connectivity index (χ0v) is 9.35. The van der Waals surface area contributed by atoms with Gasteiger partial charge in [0.2, 0.25) is 0 Å². The largest absolute Gasteiger partial charge is 0.328 e. The number of likely N-dealkylation sites (tertiary alicyclic amines) is 1. The zero-order valence-electron chi connectivity index (χ0n) is 8.53. The van der Waals surface area contributed by atoms with Gasteiger partial charge in [-0.15, -0.1) is 0 Å². The summed E-state index contributed by atoms with van der Waals surface area (Å²) < 4.78 is 11.1. The van der Waals surface area contributed by atoms with Gasteiger partial charge in [-0.25, -0.2) is 0 Å². The molecule has 0 aromatic carbocycles. The van der Waals surface area contributed by atoms with Crippen molar-refractivity contribution >= 4 is 10.8 Å². The molecule has 1 aliphatic rings. The highest BCUT2D eigenvalue weighted by Crippen LogP contribution is 2.09.